The van der Waals surface area contributed by atoms with Crippen LogP contribution in [0.15, 0.2) is 30.3 Å². The molecule has 19 heavy (non-hydrogen) atoms. The van der Waals surface area contributed by atoms with Gasteiger partial charge in [0, 0.05) is 0 Å². The van der Waals surface area contributed by atoms with Crippen LogP contribution in [-0.4, -0.2) is 19.2 Å². The quantitative estimate of drug-likeness (QED) is 0.909. The van der Waals surface area contributed by atoms with Gasteiger partial charge in [-0.1, -0.05) is 30.3 Å². The molecule has 2 rings (SSSR count). The summed E-state index contributed by atoms with van der Waals surface area (Å²) < 4.78 is 10.4. The number of nitrogens with two attached hydrogens (primary N) is 1. The number of nitrogen functional groups attached to an aromatic ring is 1. The Balaban J connectivity index is 2.78. The molecule has 0 spiro atoms. The van der Waals surface area contributed by atoms with E-state index in [4.69, 9.17) is 15.2 Å². The Morgan fingerprint density at radius 3 is 2.37 bits per heavy atom. The molecule has 5 nitrogen and oxygen atoms in total. The van der Waals surface area contributed by atoms with Gasteiger partial charge >= 0.3 is 0 Å². The van der Waals surface area contributed by atoms with Crippen molar-refractivity contribution in [1.29, 1.82) is 5.26 Å². The molecule has 0 radical (unpaired) electrons. The number of nitrogens with zero attached hydrogens (tertiary/aromatic N) is 2. The fourth-order valence-corrected chi connectivity index (χ4v) is 1.89. The molecular weight excluding hydrogens is 242 g/mol. The molecule has 1 aromatic heterocycles. The highest BCUT2D eigenvalue weighted by atomic mass is 16.5. The van der Waals surface area contributed by atoms with Gasteiger partial charge in [-0.2, -0.15) is 10.2 Å². The van der Waals surface area contributed by atoms with Crippen LogP contribution in [0.3, 0.4) is 0 Å². The van der Waals surface area contributed by atoms with Crippen molar-refractivity contribution in [2.45, 2.75) is 0 Å². The molecule has 1 aromatic carbocycles. The predicted octanol–water partition coefficient (Wildman–Crippen LogP) is 2.22. The van der Waals surface area contributed by atoms with Gasteiger partial charge in [0.15, 0.2) is 11.3 Å². The van der Waals surface area contributed by atoms with E-state index in [0.29, 0.717) is 11.3 Å². The second-order valence-electron chi connectivity index (χ2n) is 3.77. The number of ether oxygens (including phenoxy) is 2. The van der Waals surface area contributed by atoms with E-state index < -0.39 is 0 Å². The maximum atomic E-state index is 9.23. The Kier molecular flexibility index (Phi) is 3.53. The van der Waals surface area contributed by atoms with Gasteiger partial charge in [-0.3, -0.25) is 0 Å². The molecule has 1 heterocycles. The summed E-state index contributed by atoms with van der Waals surface area (Å²) in [5, 5.41) is 9.23. The molecule has 96 valence electrons. The SMILES string of the molecule is COc1nc(N)c(-c2ccccc2)c(OC)c1C#N. The monoisotopic (exact) mass is 255 g/mol. The van der Waals surface area contributed by atoms with E-state index in [9.17, 15) is 5.26 Å². The number of pyridine rings is 1. The molecule has 0 aliphatic carbocycles. The number of nitriles is 1. The van der Waals surface area contributed by atoms with E-state index in [0.717, 1.165) is 5.56 Å². The number of aromatic nitrogens is 1. The van der Waals surface area contributed by atoms with Crippen molar-refractivity contribution in [1.82, 2.24) is 4.98 Å². The number of benzene rings is 1. The summed E-state index contributed by atoms with van der Waals surface area (Å²) in [6.07, 6.45) is 0. The zero-order chi connectivity index (χ0) is 13.8. The van der Waals surface area contributed by atoms with Gasteiger partial charge in [-0.25, -0.2) is 0 Å². The maximum absolute atomic E-state index is 9.23. The average Bonchev–Trinajstić information content (AvgIpc) is 2.46. The molecule has 2 N–H and O–H groups in total. The lowest BCUT2D eigenvalue weighted by Gasteiger charge is -2.14. The standard InChI is InChI=1S/C14H13N3O2/c1-18-12-10(8-15)14(19-2)17-13(16)11(12)9-6-4-3-5-7-9/h3-7H,1-2H3,(H2,16,17). The number of hydrogen-bond donors (Lipinski definition) is 1. The van der Waals surface area contributed by atoms with Crippen molar-refractivity contribution in [3.8, 4) is 28.8 Å². The predicted molar refractivity (Wildman–Crippen MR) is 71.9 cm³/mol. The summed E-state index contributed by atoms with van der Waals surface area (Å²) in [5.74, 6) is 0.800. The van der Waals surface area contributed by atoms with E-state index in [2.05, 4.69) is 4.98 Å². The van der Waals surface area contributed by atoms with Crippen LogP contribution in [0.2, 0.25) is 0 Å². The molecule has 0 bridgehead atoms. The van der Waals surface area contributed by atoms with Crippen LogP contribution >= 0.6 is 0 Å². The van der Waals surface area contributed by atoms with E-state index >= 15 is 0 Å². The summed E-state index contributed by atoms with van der Waals surface area (Å²) in [7, 11) is 2.92. The largest absolute Gasteiger partial charge is 0.494 e. The lowest BCUT2D eigenvalue weighted by molar-refractivity contribution is 0.382. The molecule has 0 amide bonds. The summed E-state index contributed by atoms with van der Waals surface area (Å²) >= 11 is 0. The number of anilines is 1. The molecule has 0 unspecified atom stereocenters. The molecule has 0 aliphatic heterocycles. The first kappa shape index (κ1) is 12.7. The van der Waals surface area contributed by atoms with Crippen molar-refractivity contribution in [3.63, 3.8) is 0 Å². The second-order valence-corrected chi connectivity index (χ2v) is 3.77. The normalized spacial score (nSPS) is 9.74. The van der Waals surface area contributed by atoms with Crippen LogP contribution in [0.4, 0.5) is 5.82 Å². The minimum atomic E-state index is 0.163. The molecule has 5 heteroatoms. The van der Waals surface area contributed by atoms with Crippen LogP contribution in [0.25, 0.3) is 11.1 Å². The number of hydrogen-bond acceptors (Lipinski definition) is 5. The van der Waals surface area contributed by atoms with E-state index in [1.807, 2.05) is 36.4 Å². The third kappa shape index (κ3) is 2.16. The summed E-state index contributed by atoms with van der Waals surface area (Å²) in [6, 6.07) is 11.4. The van der Waals surface area contributed by atoms with Gasteiger partial charge in [-0.05, 0) is 5.56 Å². The molecule has 0 saturated carbocycles. The van der Waals surface area contributed by atoms with E-state index in [1.165, 1.54) is 14.2 Å². The molecule has 0 fully saturated rings. The first-order chi connectivity index (χ1) is 9.22. The van der Waals surface area contributed by atoms with Crippen LogP contribution in [0.1, 0.15) is 5.56 Å². The highest BCUT2D eigenvalue weighted by molar-refractivity contribution is 5.83. The maximum Gasteiger partial charge on any atom is 0.237 e. The van der Waals surface area contributed by atoms with Crippen LogP contribution < -0.4 is 15.2 Å². The summed E-state index contributed by atoms with van der Waals surface area (Å²) in [4.78, 5) is 4.10. The Labute approximate surface area is 111 Å². The van der Waals surface area contributed by atoms with Gasteiger partial charge in [0.2, 0.25) is 5.88 Å². The minimum Gasteiger partial charge on any atom is -0.494 e. The van der Waals surface area contributed by atoms with Crippen LogP contribution in [-0.2, 0) is 0 Å². The van der Waals surface area contributed by atoms with Gasteiger partial charge in [-0.15, -0.1) is 0 Å². The fourth-order valence-electron chi connectivity index (χ4n) is 1.89. The Hall–Kier alpha value is -2.74. The minimum absolute atomic E-state index is 0.163. The topological polar surface area (TPSA) is 81.2 Å². The first-order valence-corrected chi connectivity index (χ1v) is 5.59. The van der Waals surface area contributed by atoms with Gasteiger partial charge < -0.3 is 15.2 Å². The molecule has 0 saturated heterocycles. The molecule has 0 aliphatic rings. The van der Waals surface area contributed by atoms with Crippen LogP contribution in [0, 0.1) is 11.3 Å². The van der Waals surface area contributed by atoms with E-state index in [1.54, 1.807) is 0 Å². The highest BCUT2D eigenvalue weighted by Crippen LogP contribution is 2.40. The zero-order valence-electron chi connectivity index (χ0n) is 10.7. The van der Waals surface area contributed by atoms with Crippen LogP contribution in [0.5, 0.6) is 11.6 Å². The smallest absolute Gasteiger partial charge is 0.237 e. The third-order valence-corrected chi connectivity index (χ3v) is 2.72. The highest BCUT2D eigenvalue weighted by Gasteiger charge is 2.20. The Morgan fingerprint density at radius 2 is 1.84 bits per heavy atom. The average molecular weight is 255 g/mol. The summed E-state index contributed by atoms with van der Waals surface area (Å²) in [5.41, 5.74) is 7.62. The molecular formula is C14H13N3O2. The first-order valence-electron chi connectivity index (χ1n) is 5.59. The van der Waals surface area contributed by atoms with Gasteiger partial charge in [0.05, 0.1) is 19.8 Å². The lowest BCUT2D eigenvalue weighted by Crippen LogP contribution is -2.03. The Bertz CT molecular complexity index is 633. The van der Waals surface area contributed by atoms with Crippen molar-refractivity contribution in [3.05, 3.63) is 35.9 Å². The summed E-state index contributed by atoms with van der Waals surface area (Å²) in [6.45, 7) is 0. The van der Waals surface area contributed by atoms with Crippen molar-refractivity contribution >= 4 is 5.82 Å². The van der Waals surface area contributed by atoms with Crippen molar-refractivity contribution in [2.75, 3.05) is 20.0 Å². The van der Waals surface area contributed by atoms with Gasteiger partial charge in [0.25, 0.3) is 0 Å². The van der Waals surface area contributed by atoms with Gasteiger partial charge in [0.1, 0.15) is 11.9 Å². The van der Waals surface area contributed by atoms with Crippen molar-refractivity contribution in [2.24, 2.45) is 0 Å². The third-order valence-electron chi connectivity index (χ3n) is 2.72. The lowest BCUT2D eigenvalue weighted by atomic mass is 10.0. The second kappa shape index (κ2) is 5.27. The zero-order valence-corrected chi connectivity index (χ0v) is 10.7. The molecule has 2 aromatic rings. The Morgan fingerprint density at radius 1 is 1.16 bits per heavy atom. The van der Waals surface area contributed by atoms with Crippen molar-refractivity contribution < 1.29 is 9.47 Å². The number of rotatable bonds is 3. The van der Waals surface area contributed by atoms with E-state index in [-0.39, 0.29) is 17.3 Å². The molecule has 0 atom stereocenters. The number of methoxy groups -OCH3 is 2. The fraction of sp³-hybridized carbons (Fsp3) is 0.143.